The highest BCUT2D eigenvalue weighted by Gasteiger charge is 2.23. The predicted octanol–water partition coefficient (Wildman–Crippen LogP) is 18.8. The van der Waals surface area contributed by atoms with E-state index in [1.807, 2.05) is 143 Å². The smallest absolute Gasteiger partial charge is 0.423 e. The summed E-state index contributed by atoms with van der Waals surface area (Å²) in [5.41, 5.74) is 24.5. The van der Waals surface area contributed by atoms with Crippen LogP contribution in [0.1, 0.15) is 83.6 Å². The van der Waals surface area contributed by atoms with Gasteiger partial charge in [0, 0.05) is 141 Å². The fourth-order valence-electron chi connectivity index (χ4n) is 12.9. The highest BCUT2D eigenvalue weighted by Crippen LogP contribution is 2.34. The van der Waals surface area contributed by atoms with Gasteiger partial charge < -0.3 is 37.0 Å². The van der Waals surface area contributed by atoms with Crippen LogP contribution in [0, 0.1) is 28.3 Å². The van der Waals surface area contributed by atoms with E-state index < -0.39 is 12.9 Å². The van der Waals surface area contributed by atoms with Crippen LogP contribution in [-0.4, -0.2) is 114 Å². The van der Waals surface area contributed by atoms with Gasteiger partial charge in [0.15, 0.2) is 0 Å². The van der Waals surface area contributed by atoms with Gasteiger partial charge in [-0.2, -0.15) is 0 Å². The van der Waals surface area contributed by atoms with E-state index in [2.05, 4.69) is 147 Å². The molecule has 636 valence electrons. The van der Waals surface area contributed by atoms with E-state index in [-0.39, 0.29) is 45.8 Å². The Bertz CT molecular complexity index is 5650. The maximum atomic E-state index is 13.3. The highest BCUT2D eigenvalue weighted by atomic mass is 79.9. The molecule has 23 nitrogen and oxygen atoms in total. The molecule has 0 aliphatic carbocycles. The van der Waals surface area contributed by atoms with E-state index >= 15 is 0 Å². The largest absolute Gasteiger partial charge is 0.490 e. The number of hydrogen-bond acceptors (Lipinski definition) is 18. The summed E-state index contributed by atoms with van der Waals surface area (Å²) in [5.74, 6) is 1.81. The number of pyridine rings is 3. The maximum Gasteiger partial charge on any atom is 0.490 e. The van der Waals surface area contributed by atoms with E-state index in [0.717, 1.165) is 168 Å². The Morgan fingerprint density at radius 2 is 0.944 bits per heavy atom. The summed E-state index contributed by atoms with van der Waals surface area (Å²) >= 11 is 30.5. The average Bonchev–Trinajstić information content (AvgIpc) is 1.50. The van der Waals surface area contributed by atoms with Crippen LogP contribution in [0.25, 0.3) is 33.6 Å². The molecule has 0 saturated heterocycles. The number of hydrogen-bond donors (Lipinski definition) is 9. The molecular weight excluding hydrogens is 1860 g/mol. The Balaban J connectivity index is 0.000000147. The summed E-state index contributed by atoms with van der Waals surface area (Å²) in [4.78, 5) is 55.8. The van der Waals surface area contributed by atoms with Crippen molar-refractivity contribution in [3.05, 3.63) is 320 Å². The van der Waals surface area contributed by atoms with Crippen LogP contribution in [0.3, 0.4) is 0 Å². The van der Waals surface area contributed by atoms with Gasteiger partial charge in [0.05, 0.1) is 47.0 Å². The molecule has 0 radical (unpaired) electrons. The number of alkyl halides is 1. The van der Waals surface area contributed by atoms with Crippen molar-refractivity contribution in [3.63, 3.8) is 0 Å². The van der Waals surface area contributed by atoms with Gasteiger partial charge in [-0.05, 0) is 234 Å². The molecule has 5 aromatic heterocycles. The Kier molecular flexibility index (Phi) is 37.1. The number of carbonyl (C=O) groups is 4. The minimum Gasteiger partial charge on any atom is -0.423 e. The molecular formula is C90H83BBr3Cl3F3N17O6S. The minimum absolute atomic E-state index is 0.0556. The molecule has 11 heterocycles. The number of amidine groups is 1. The lowest BCUT2D eigenvalue weighted by Gasteiger charge is -2.27. The molecule has 13 aromatic rings. The first-order chi connectivity index (χ1) is 59.9. The zero-order chi connectivity index (χ0) is 88.4. The van der Waals surface area contributed by atoms with Crippen LogP contribution >= 0.6 is 94.8 Å². The van der Waals surface area contributed by atoms with Crippen LogP contribution < -0.4 is 37.4 Å². The second kappa shape index (κ2) is 48.5. The van der Waals surface area contributed by atoms with Crippen molar-refractivity contribution in [1.29, 1.82) is 10.8 Å². The number of carbonyl (C=O) groups excluding carboxylic acids is 4. The van der Waals surface area contributed by atoms with Crippen molar-refractivity contribution < 1.29 is 42.4 Å². The lowest BCUT2D eigenvalue weighted by atomic mass is 9.82. The van der Waals surface area contributed by atoms with Crippen molar-refractivity contribution in [3.8, 4) is 33.6 Å². The van der Waals surface area contributed by atoms with Gasteiger partial charge in [-0.3, -0.25) is 59.0 Å². The summed E-state index contributed by atoms with van der Waals surface area (Å²) in [6, 6.07) is 61.4. The summed E-state index contributed by atoms with van der Waals surface area (Å²) in [6.45, 7) is 0.590. The molecule has 34 heteroatoms. The van der Waals surface area contributed by atoms with E-state index in [1.165, 1.54) is 70.4 Å². The van der Waals surface area contributed by atoms with Crippen LogP contribution in [0.4, 0.5) is 47.3 Å². The zero-order valence-corrected chi connectivity index (χ0v) is 74.3. The molecule has 124 heavy (non-hydrogen) atoms. The third-order valence-electron chi connectivity index (χ3n) is 19.0. The standard InChI is InChI=1S/2C15H11FN4.C10H10BrN3.C9H8BrNO.C9H8BrNS.C9H10ClNO.C9H9NO.C6H7N.C5H5BFNO2.C3H4Cl2O/c2*16-13-6-12(7-17-8-13)10-1-3-14-11(5-10)2-4-15-19-18-9-20(14)15;11-8-2-3-9-7(5-8)1-4-10(13)14(9)6-12;2*10-7-2-3-8-6(5-7)1-4-9(12)11-8;10-9(12)6-7-11-8-4-2-1-3-5-8;11-9-6-5-7-3-1-2-4-8(7)10-9;7-6-4-2-1-3-5-6;7-5-1-4(6(9)10)2-8-3-5;4-2-1-3(5)6/h2*1,3,5-9H,2,4H2;2-3,5-6,12-13H,1,4H2;2*2-3,5H,1,4H2,(H,11,12);1-5,11H,6-7H2;1-4H,5-6H2,(H,10,11);1-5H,7H2;1-3,9-10H;1-2H2. The van der Waals surface area contributed by atoms with E-state index in [0.29, 0.717) is 43.9 Å². The monoisotopic (exact) mass is 1940 g/mol. The molecule has 0 bridgehead atoms. The van der Waals surface area contributed by atoms with Crippen molar-refractivity contribution in [2.24, 2.45) is 0 Å². The average molecular weight is 1940 g/mol. The summed E-state index contributed by atoms with van der Waals surface area (Å²) < 4.78 is 46.0. The number of halogens is 9. The highest BCUT2D eigenvalue weighted by molar-refractivity contribution is 9.11. The topological polar surface area (TPSA) is 334 Å². The quantitative estimate of drug-likeness (QED) is 0.0117. The number of nitrogens with zero attached hydrogens (tertiary/aromatic N) is 10. The molecule has 2 amide bonds. The first-order valence-corrected chi connectivity index (χ1v) is 42.9. The van der Waals surface area contributed by atoms with Gasteiger partial charge in [0.25, 0.3) is 0 Å². The zero-order valence-electron chi connectivity index (χ0n) is 66.4. The Labute approximate surface area is 760 Å². The molecule has 0 atom stereocenters. The first kappa shape index (κ1) is 94.7. The molecule has 0 spiro atoms. The van der Waals surface area contributed by atoms with Gasteiger partial charge in [-0.15, -0.1) is 32.0 Å². The van der Waals surface area contributed by atoms with Crippen LogP contribution in [0.2, 0.25) is 0 Å². The number of nitrogen functional groups attached to an aromatic ring is 1. The number of anilines is 6. The maximum absolute atomic E-state index is 13.3. The lowest BCUT2D eigenvalue weighted by molar-refractivity contribution is -0.117. The van der Waals surface area contributed by atoms with Gasteiger partial charge in [-0.25, -0.2) is 13.2 Å². The molecule has 8 aromatic carbocycles. The lowest BCUT2D eigenvalue weighted by Crippen LogP contribution is -2.32. The molecule has 0 fully saturated rings. The third kappa shape index (κ3) is 29.6. The summed E-state index contributed by atoms with van der Waals surface area (Å²) in [5, 5.41) is 59.3. The van der Waals surface area contributed by atoms with E-state index in [9.17, 15) is 32.3 Å². The van der Waals surface area contributed by atoms with Crippen molar-refractivity contribution in [1.82, 2.24) is 44.5 Å². The van der Waals surface area contributed by atoms with Crippen LogP contribution in [0.5, 0.6) is 0 Å². The molecule has 0 saturated carbocycles. The molecule has 6 aliphatic rings. The number of thiocarbonyl (C=S) groups is 1. The number of aromatic nitrogens is 9. The second-order valence-corrected chi connectivity index (χ2v) is 32.2. The molecule has 10 N–H and O–H groups in total. The predicted molar refractivity (Wildman–Crippen MR) is 500 cm³/mol. The van der Waals surface area contributed by atoms with Gasteiger partial charge in [0.1, 0.15) is 47.6 Å². The number of aryl methyl sites for hydroxylation is 8. The van der Waals surface area contributed by atoms with E-state index in [4.69, 9.17) is 73.6 Å². The number of amides is 2. The minimum atomic E-state index is -1.65. The molecule has 0 unspecified atom stereocenters. The number of fused-ring (bicyclic) bond motifs is 10. The Morgan fingerprint density at radius 3 is 1.43 bits per heavy atom. The summed E-state index contributed by atoms with van der Waals surface area (Å²) in [6.07, 6.45) is 23.4. The molecule has 19 rings (SSSR count). The first-order valence-electron chi connectivity index (χ1n) is 38.8. The van der Waals surface area contributed by atoms with Crippen molar-refractivity contribution in [2.45, 2.75) is 89.9 Å². The second-order valence-electron chi connectivity index (χ2n) is 27.7. The van der Waals surface area contributed by atoms with Gasteiger partial charge >= 0.3 is 7.12 Å². The SMILES string of the molecule is Fc1cncc(-c2ccc3c(c2)CCc2nncn2-3)c1.Fc1cncc(-c2ccc3c(c2)CCc2nncn2-3)c1.N=CN1C(=N)CCc2cc(Br)ccc21.Nc1ccccc1.O=C(Cl)CCCl.O=C(Cl)CCNc1ccccc1.O=C1CCc2cc(Br)ccc2N1.O=C1CCc2ccccc2N1.OB(O)c1cncc(F)c1.S=C1CCc2cc(Br)ccc2N1. The van der Waals surface area contributed by atoms with Gasteiger partial charge in [-0.1, -0.05) is 127 Å². The van der Waals surface area contributed by atoms with Crippen molar-refractivity contribution >= 4 is 181 Å². The number of para-hydroxylation sites is 3. The molecule has 6 aliphatic heterocycles. The van der Waals surface area contributed by atoms with Crippen molar-refractivity contribution in [2.75, 3.05) is 44.3 Å². The summed E-state index contributed by atoms with van der Waals surface area (Å²) in [7, 11) is -1.65. The van der Waals surface area contributed by atoms with Gasteiger partial charge in [0.2, 0.25) is 22.3 Å². The van der Waals surface area contributed by atoms with E-state index in [1.54, 1.807) is 29.9 Å². The normalized spacial score (nSPS) is 12.8. The Hall–Kier alpha value is -11.5. The number of rotatable bonds is 10. The number of nitrogens with two attached hydrogens (primary N) is 1. The van der Waals surface area contributed by atoms with Crippen LogP contribution in [0.15, 0.2) is 257 Å². The number of benzene rings is 8. The number of nitrogens with one attached hydrogen (secondary N) is 6. The Morgan fingerprint density at radius 1 is 0.500 bits per heavy atom. The fourth-order valence-corrected chi connectivity index (χ4v) is 14.8. The van der Waals surface area contributed by atoms with Crippen LogP contribution in [-0.2, 0) is 70.5 Å². The fraction of sp³-hybridized carbons (Fsp3) is 0.178. The third-order valence-corrected chi connectivity index (χ3v) is 21.3.